The molecular weight excluding hydrogens is 466 g/mol. The summed E-state index contributed by atoms with van der Waals surface area (Å²) in [6.07, 6.45) is 0. The number of ether oxygens (including phenoxy) is 2. The molecule has 35 heavy (non-hydrogen) atoms. The number of piperazine rings is 1. The number of amides is 1. The highest BCUT2D eigenvalue weighted by molar-refractivity contribution is 7.89. The minimum absolute atomic E-state index is 0.154. The van der Waals surface area contributed by atoms with Crippen molar-refractivity contribution in [2.75, 3.05) is 45.2 Å². The van der Waals surface area contributed by atoms with Crippen molar-refractivity contribution in [3.8, 4) is 22.6 Å². The molecule has 8 nitrogen and oxygen atoms in total. The van der Waals surface area contributed by atoms with Crippen molar-refractivity contribution in [1.29, 1.82) is 0 Å². The van der Waals surface area contributed by atoms with Crippen LogP contribution >= 0.6 is 0 Å². The zero-order chi connectivity index (χ0) is 24.4. The summed E-state index contributed by atoms with van der Waals surface area (Å²) >= 11 is 0. The van der Waals surface area contributed by atoms with Gasteiger partial charge in [0.05, 0.1) is 30.3 Å². The molecule has 5 rings (SSSR count). The van der Waals surface area contributed by atoms with Crippen molar-refractivity contribution in [3.05, 3.63) is 72.8 Å². The number of anilines is 1. The molecule has 0 spiro atoms. The van der Waals surface area contributed by atoms with E-state index >= 15 is 0 Å². The van der Waals surface area contributed by atoms with E-state index in [1.807, 2.05) is 53.4 Å². The van der Waals surface area contributed by atoms with Gasteiger partial charge in [-0.2, -0.15) is 4.31 Å². The van der Waals surface area contributed by atoms with E-state index in [2.05, 4.69) is 5.32 Å². The summed E-state index contributed by atoms with van der Waals surface area (Å²) in [4.78, 5) is 15.1. The maximum Gasteiger partial charge on any atom is 0.243 e. The molecule has 1 amide bonds. The second-order valence-electron chi connectivity index (χ2n) is 8.60. The molecule has 3 aromatic rings. The van der Waals surface area contributed by atoms with E-state index in [9.17, 15) is 13.2 Å². The van der Waals surface area contributed by atoms with Crippen LogP contribution in [0.4, 0.5) is 5.69 Å². The van der Waals surface area contributed by atoms with Gasteiger partial charge in [0.1, 0.15) is 18.1 Å². The smallest absolute Gasteiger partial charge is 0.243 e. The zero-order valence-electron chi connectivity index (χ0n) is 19.4. The Bertz CT molecular complexity index is 1310. The molecule has 3 aromatic carbocycles. The van der Waals surface area contributed by atoms with Crippen LogP contribution in [0.5, 0.6) is 11.5 Å². The van der Waals surface area contributed by atoms with Gasteiger partial charge in [-0.25, -0.2) is 8.42 Å². The molecule has 0 aliphatic carbocycles. The van der Waals surface area contributed by atoms with Gasteiger partial charge in [-0.1, -0.05) is 36.4 Å². The molecular formula is C26H27N3O5S. The fourth-order valence-corrected chi connectivity index (χ4v) is 5.94. The first-order chi connectivity index (χ1) is 16.9. The Morgan fingerprint density at radius 3 is 2.49 bits per heavy atom. The summed E-state index contributed by atoms with van der Waals surface area (Å²) in [5.74, 6) is 1.01. The number of hydrogen-bond donors (Lipinski definition) is 1. The number of hydrogen-bond acceptors (Lipinski definition) is 6. The summed E-state index contributed by atoms with van der Waals surface area (Å²) in [5.41, 5.74) is 2.63. The lowest BCUT2D eigenvalue weighted by atomic mass is 10.0. The predicted octanol–water partition coefficient (Wildman–Crippen LogP) is 3.07. The van der Waals surface area contributed by atoms with Gasteiger partial charge in [-0.05, 0) is 47.5 Å². The lowest BCUT2D eigenvalue weighted by Crippen LogP contribution is -2.57. The minimum Gasteiger partial charge on any atom is -0.497 e. The number of fused-ring (bicyclic) bond motifs is 2. The van der Waals surface area contributed by atoms with Crippen LogP contribution in [-0.4, -0.2) is 69.5 Å². The molecule has 1 atom stereocenters. The van der Waals surface area contributed by atoms with E-state index in [1.54, 1.807) is 24.3 Å². The summed E-state index contributed by atoms with van der Waals surface area (Å²) in [5, 5.41) is 2.97. The quantitative estimate of drug-likeness (QED) is 0.601. The first-order valence-electron chi connectivity index (χ1n) is 11.4. The van der Waals surface area contributed by atoms with Crippen LogP contribution in [0, 0.1) is 0 Å². The average Bonchev–Trinajstić information content (AvgIpc) is 2.95. The summed E-state index contributed by atoms with van der Waals surface area (Å²) in [6.45, 7) is 1.39. The summed E-state index contributed by atoms with van der Waals surface area (Å²) < 4.78 is 39.3. The molecule has 0 radical (unpaired) electrons. The second-order valence-corrected chi connectivity index (χ2v) is 10.5. The van der Waals surface area contributed by atoms with Crippen LogP contribution in [0.2, 0.25) is 0 Å². The molecule has 1 saturated heterocycles. The number of carbonyl (C=O) groups is 1. The Hall–Kier alpha value is -3.40. The Balaban J connectivity index is 1.36. The number of nitrogens with one attached hydrogen (secondary N) is 1. The van der Waals surface area contributed by atoms with Gasteiger partial charge in [-0.15, -0.1) is 0 Å². The molecule has 182 valence electrons. The number of rotatable bonds is 4. The molecule has 9 heteroatoms. The maximum atomic E-state index is 13.3. The SMILES string of the molecule is COc1ccc(S(=O)(=O)N2CCN3CC(=O)Nc4cc(-c5ccccc5)ccc4OC[C@@H]3C2)cc1. The van der Waals surface area contributed by atoms with Crippen molar-refractivity contribution in [2.24, 2.45) is 0 Å². The van der Waals surface area contributed by atoms with Crippen LogP contribution in [-0.2, 0) is 14.8 Å². The van der Waals surface area contributed by atoms with E-state index in [4.69, 9.17) is 9.47 Å². The van der Waals surface area contributed by atoms with Crippen LogP contribution in [0.1, 0.15) is 0 Å². The van der Waals surface area contributed by atoms with Gasteiger partial charge in [0.15, 0.2) is 0 Å². The lowest BCUT2D eigenvalue weighted by molar-refractivity contribution is -0.118. The maximum absolute atomic E-state index is 13.3. The fourth-order valence-electron chi connectivity index (χ4n) is 4.47. The number of carbonyl (C=O) groups excluding carboxylic acids is 1. The molecule has 1 fully saturated rings. The van der Waals surface area contributed by atoms with Crippen LogP contribution in [0.15, 0.2) is 77.7 Å². The highest BCUT2D eigenvalue weighted by Gasteiger charge is 2.36. The predicted molar refractivity (Wildman–Crippen MR) is 133 cm³/mol. The van der Waals surface area contributed by atoms with Gasteiger partial charge in [0.25, 0.3) is 0 Å². The topological polar surface area (TPSA) is 88.2 Å². The van der Waals surface area contributed by atoms with Crippen molar-refractivity contribution >= 4 is 21.6 Å². The Labute approximate surface area is 205 Å². The number of methoxy groups -OCH3 is 1. The van der Waals surface area contributed by atoms with E-state index in [0.717, 1.165) is 11.1 Å². The Morgan fingerprint density at radius 1 is 0.971 bits per heavy atom. The van der Waals surface area contributed by atoms with Crippen LogP contribution in [0.25, 0.3) is 11.1 Å². The molecule has 1 N–H and O–H groups in total. The third kappa shape index (κ3) is 4.88. The Morgan fingerprint density at radius 2 is 1.74 bits per heavy atom. The molecule has 0 bridgehead atoms. The van der Waals surface area contributed by atoms with E-state index in [-0.39, 0.29) is 36.5 Å². The van der Waals surface area contributed by atoms with Crippen molar-refractivity contribution < 1.29 is 22.7 Å². The summed E-state index contributed by atoms with van der Waals surface area (Å²) in [6, 6.07) is 21.7. The van der Waals surface area contributed by atoms with Gasteiger partial charge >= 0.3 is 0 Å². The van der Waals surface area contributed by atoms with Gasteiger partial charge in [0.2, 0.25) is 15.9 Å². The molecule has 2 aliphatic rings. The average molecular weight is 494 g/mol. The Kier molecular flexibility index (Phi) is 6.46. The molecule has 2 heterocycles. The van der Waals surface area contributed by atoms with Gasteiger partial charge in [-0.3, -0.25) is 9.69 Å². The second kappa shape index (κ2) is 9.69. The van der Waals surface area contributed by atoms with Crippen molar-refractivity contribution in [2.45, 2.75) is 10.9 Å². The van der Waals surface area contributed by atoms with E-state index in [0.29, 0.717) is 30.3 Å². The standard InChI is InChI=1S/C26H27N3O5S/c1-33-22-8-10-23(11-9-22)35(31,32)29-14-13-28-17-26(30)27-24-15-20(19-5-3-2-4-6-19)7-12-25(24)34-18-21(28)16-29/h2-12,15,21H,13-14,16-18H2,1H3,(H,27,30)/t21-/m0/s1. The first-order valence-corrected chi connectivity index (χ1v) is 12.9. The third-order valence-electron chi connectivity index (χ3n) is 6.40. The number of benzene rings is 3. The van der Waals surface area contributed by atoms with Crippen LogP contribution in [0.3, 0.4) is 0 Å². The van der Waals surface area contributed by atoms with Gasteiger partial charge in [0, 0.05) is 19.6 Å². The molecule has 2 aliphatic heterocycles. The van der Waals surface area contributed by atoms with Gasteiger partial charge < -0.3 is 14.8 Å². The molecule has 0 saturated carbocycles. The van der Waals surface area contributed by atoms with Crippen LogP contribution < -0.4 is 14.8 Å². The minimum atomic E-state index is -3.68. The number of sulfonamides is 1. The zero-order valence-corrected chi connectivity index (χ0v) is 20.2. The normalized spacial score (nSPS) is 19.2. The largest absolute Gasteiger partial charge is 0.497 e. The molecule has 0 aromatic heterocycles. The van der Waals surface area contributed by atoms with E-state index in [1.165, 1.54) is 11.4 Å². The van der Waals surface area contributed by atoms with Crippen molar-refractivity contribution in [1.82, 2.24) is 9.21 Å². The fraction of sp³-hybridized carbons (Fsp3) is 0.269. The first kappa shape index (κ1) is 23.3. The van der Waals surface area contributed by atoms with E-state index < -0.39 is 10.0 Å². The summed E-state index contributed by atoms with van der Waals surface area (Å²) in [7, 11) is -2.14. The number of nitrogens with zero attached hydrogens (tertiary/aromatic N) is 2. The monoisotopic (exact) mass is 493 g/mol. The third-order valence-corrected chi connectivity index (χ3v) is 8.28. The van der Waals surface area contributed by atoms with Crippen molar-refractivity contribution in [3.63, 3.8) is 0 Å². The highest BCUT2D eigenvalue weighted by Crippen LogP contribution is 2.32. The highest BCUT2D eigenvalue weighted by atomic mass is 32.2. The molecule has 0 unspecified atom stereocenters. The lowest BCUT2D eigenvalue weighted by Gasteiger charge is -2.39.